The van der Waals surface area contributed by atoms with Crippen LogP contribution in [-0.4, -0.2) is 23.8 Å². The van der Waals surface area contributed by atoms with Crippen molar-refractivity contribution in [2.45, 2.75) is 45.6 Å². The highest BCUT2D eigenvalue weighted by molar-refractivity contribution is 5.72. The van der Waals surface area contributed by atoms with Gasteiger partial charge >= 0.3 is 5.97 Å². The highest BCUT2D eigenvalue weighted by Crippen LogP contribution is 2.29. The Morgan fingerprint density at radius 2 is 2.21 bits per heavy atom. The molecule has 1 saturated carbocycles. The van der Waals surface area contributed by atoms with Crippen molar-refractivity contribution < 1.29 is 14.6 Å². The molecule has 0 unspecified atom stereocenters. The molecule has 1 N–H and O–H groups in total. The summed E-state index contributed by atoms with van der Waals surface area (Å²) in [6.07, 6.45) is 3.76. The number of ether oxygens (including phenoxy) is 1. The smallest absolute Gasteiger partial charge is 0.309 e. The summed E-state index contributed by atoms with van der Waals surface area (Å²) in [6.45, 7) is 3.93. The summed E-state index contributed by atoms with van der Waals surface area (Å²) in [6, 6.07) is 0. The van der Waals surface area contributed by atoms with E-state index < -0.39 is 0 Å². The Kier molecular flexibility index (Phi) is 4.39. The van der Waals surface area contributed by atoms with E-state index in [1.54, 1.807) is 0 Å². The standard InChI is InChI=1S/C11H20O3/c1-8(2)14-11(13)10-5-3-4-9(6-10)7-12/h8-10,12H,3-7H2,1-2H3/t9-,10+/m0/s1. The molecule has 3 heteroatoms. The topological polar surface area (TPSA) is 46.5 Å². The van der Waals surface area contributed by atoms with Crippen LogP contribution in [0.4, 0.5) is 0 Å². The Hall–Kier alpha value is -0.570. The van der Waals surface area contributed by atoms with Gasteiger partial charge in [0, 0.05) is 6.61 Å². The van der Waals surface area contributed by atoms with E-state index in [2.05, 4.69) is 0 Å². The zero-order chi connectivity index (χ0) is 10.6. The second-order valence-corrected chi connectivity index (χ2v) is 4.40. The van der Waals surface area contributed by atoms with Gasteiger partial charge in [-0.15, -0.1) is 0 Å². The van der Waals surface area contributed by atoms with Crippen molar-refractivity contribution >= 4 is 5.97 Å². The highest BCUT2D eigenvalue weighted by Gasteiger charge is 2.28. The van der Waals surface area contributed by atoms with Crippen molar-refractivity contribution in [2.75, 3.05) is 6.61 Å². The maximum atomic E-state index is 11.6. The normalized spacial score (nSPS) is 27.7. The quantitative estimate of drug-likeness (QED) is 0.706. The zero-order valence-electron chi connectivity index (χ0n) is 9.03. The molecule has 0 aromatic rings. The first kappa shape index (κ1) is 11.5. The highest BCUT2D eigenvalue weighted by atomic mass is 16.5. The van der Waals surface area contributed by atoms with E-state index in [4.69, 9.17) is 9.84 Å². The lowest BCUT2D eigenvalue weighted by molar-refractivity contribution is -0.154. The Morgan fingerprint density at radius 3 is 2.79 bits per heavy atom. The fourth-order valence-corrected chi connectivity index (χ4v) is 2.00. The lowest BCUT2D eigenvalue weighted by atomic mass is 9.82. The van der Waals surface area contributed by atoms with E-state index in [0.717, 1.165) is 25.7 Å². The predicted octanol–water partition coefficient (Wildman–Crippen LogP) is 1.74. The largest absolute Gasteiger partial charge is 0.463 e. The molecule has 0 radical (unpaired) electrons. The van der Waals surface area contributed by atoms with Crippen LogP contribution < -0.4 is 0 Å². The van der Waals surface area contributed by atoms with Gasteiger partial charge in [-0.1, -0.05) is 6.42 Å². The summed E-state index contributed by atoms with van der Waals surface area (Å²) in [5.41, 5.74) is 0. The molecule has 0 aromatic carbocycles. The first-order chi connectivity index (χ1) is 6.63. The molecule has 0 aromatic heterocycles. The van der Waals surface area contributed by atoms with Gasteiger partial charge in [0.15, 0.2) is 0 Å². The Morgan fingerprint density at radius 1 is 1.50 bits per heavy atom. The minimum atomic E-state index is -0.0850. The maximum absolute atomic E-state index is 11.6. The fourth-order valence-electron chi connectivity index (χ4n) is 2.00. The van der Waals surface area contributed by atoms with E-state index in [1.165, 1.54) is 0 Å². The van der Waals surface area contributed by atoms with Crippen molar-refractivity contribution in [3.05, 3.63) is 0 Å². The molecule has 0 bridgehead atoms. The Bertz CT molecular complexity index is 189. The summed E-state index contributed by atoms with van der Waals surface area (Å²) in [7, 11) is 0. The molecule has 0 aliphatic heterocycles. The van der Waals surface area contributed by atoms with Crippen LogP contribution in [-0.2, 0) is 9.53 Å². The van der Waals surface area contributed by atoms with Crippen molar-refractivity contribution in [1.29, 1.82) is 0 Å². The van der Waals surface area contributed by atoms with Crippen LogP contribution in [0.2, 0.25) is 0 Å². The molecule has 2 atom stereocenters. The first-order valence-electron chi connectivity index (χ1n) is 5.44. The third-order valence-electron chi connectivity index (χ3n) is 2.73. The third-order valence-corrected chi connectivity index (χ3v) is 2.73. The van der Waals surface area contributed by atoms with Crippen LogP contribution in [0.3, 0.4) is 0 Å². The summed E-state index contributed by atoms with van der Waals surface area (Å²) >= 11 is 0. The number of esters is 1. The second-order valence-electron chi connectivity index (χ2n) is 4.40. The van der Waals surface area contributed by atoms with Crippen molar-refractivity contribution in [1.82, 2.24) is 0 Å². The van der Waals surface area contributed by atoms with E-state index in [0.29, 0.717) is 5.92 Å². The molecule has 0 amide bonds. The lowest BCUT2D eigenvalue weighted by Crippen LogP contribution is -2.27. The SMILES string of the molecule is CC(C)OC(=O)[C@@H]1CCC[C@H](CO)C1. The van der Waals surface area contributed by atoms with Gasteiger partial charge in [-0.2, -0.15) is 0 Å². The Labute approximate surface area is 85.5 Å². The van der Waals surface area contributed by atoms with E-state index in [1.807, 2.05) is 13.8 Å². The lowest BCUT2D eigenvalue weighted by Gasteiger charge is -2.26. The molecule has 1 fully saturated rings. The first-order valence-corrected chi connectivity index (χ1v) is 5.44. The van der Waals surface area contributed by atoms with E-state index >= 15 is 0 Å². The minimum Gasteiger partial charge on any atom is -0.463 e. The van der Waals surface area contributed by atoms with Crippen LogP contribution in [0.5, 0.6) is 0 Å². The van der Waals surface area contributed by atoms with Crippen LogP contribution in [0.15, 0.2) is 0 Å². The molecule has 82 valence electrons. The predicted molar refractivity (Wildman–Crippen MR) is 53.8 cm³/mol. The number of carbonyl (C=O) groups is 1. The van der Waals surface area contributed by atoms with E-state index in [9.17, 15) is 4.79 Å². The van der Waals surface area contributed by atoms with Crippen molar-refractivity contribution in [3.63, 3.8) is 0 Å². The molecule has 0 heterocycles. The molecule has 14 heavy (non-hydrogen) atoms. The van der Waals surface area contributed by atoms with Gasteiger partial charge in [0.25, 0.3) is 0 Å². The minimum absolute atomic E-state index is 0.0169. The van der Waals surface area contributed by atoms with Gasteiger partial charge < -0.3 is 9.84 Å². The zero-order valence-corrected chi connectivity index (χ0v) is 9.03. The molecule has 0 spiro atoms. The fraction of sp³-hybridized carbons (Fsp3) is 0.909. The molecule has 0 saturated heterocycles. The van der Waals surface area contributed by atoms with Crippen molar-refractivity contribution in [3.8, 4) is 0 Å². The van der Waals surface area contributed by atoms with Gasteiger partial charge in [-0.25, -0.2) is 0 Å². The van der Waals surface area contributed by atoms with Crippen LogP contribution in [0, 0.1) is 11.8 Å². The molecule has 1 aliphatic rings. The van der Waals surface area contributed by atoms with Crippen LogP contribution in [0.1, 0.15) is 39.5 Å². The molecule has 1 rings (SSSR count). The van der Waals surface area contributed by atoms with Gasteiger partial charge in [0.2, 0.25) is 0 Å². The van der Waals surface area contributed by atoms with Gasteiger partial charge in [0.1, 0.15) is 0 Å². The number of carbonyl (C=O) groups excluding carboxylic acids is 1. The number of aliphatic hydroxyl groups is 1. The number of rotatable bonds is 3. The summed E-state index contributed by atoms with van der Waals surface area (Å²) in [4.78, 5) is 11.6. The molecule has 1 aliphatic carbocycles. The summed E-state index contributed by atoms with van der Waals surface area (Å²) in [5, 5.41) is 9.02. The maximum Gasteiger partial charge on any atom is 0.309 e. The second kappa shape index (κ2) is 5.35. The number of hydrogen-bond acceptors (Lipinski definition) is 3. The average molecular weight is 200 g/mol. The number of aliphatic hydroxyl groups excluding tert-OH is 1. The van der Waals surface area contributed by atoms with Crippen LogP contribution in [0.25, 0.3) is 0 Å². The molecular formula is C11H20O3. The number of hydrogen-bond donors (Lipinski definition) is 1. The third kappa shape index (κ3) is 3.29. The molecular weight excluding hydrogens is 180 g/mol. The van der Waals surface area contributed by atoms with E-state index in [-0.39, 0.29) is 24.6 Å². The summed E-state index contributed by atoms with van der Waals surface area (Å²) < 4.78 is 5.16. The molecule has 3 nitrogen and oxygen atoms in total. The monoisotopic (exact) mass is 200 g/mol. The average Bonchev–Trinajstić information content (AvgIpc) is 2.17. The van der Waals surface area contributed by atoms with Gasteiger partial charge in [-0.05, 0) is 39.0 Å². The Balaban J connectivity index is 2.39. The van der Waals surface area contributed by atoms with Crippen LogP contribution >= 0.6 is 0 Å². The van der Waals surface area contributed by atoms with Gasteiger partial charge in [0.05, 0.1) is 12.0 Å². The van der Waals surface area contributed by atoms with Crippen molar-refractivity contribution in [2.24, 2.45) is 11.8 Å². The van der Waals surface area contributed by atoms with Gasteiger partial charge in [-0.3, -0.25) is 4.79 Å². The summed E-state index contributed by atoms with van der Waals surface area (Å²) in [5.74, 6) is 0.231.